The van der Waals surface area contributed by atoms with Crippen molar-refractivity contribution in [3.63, 3.8) is 0 Å². The Morgan fingerprint density at radius 2 is 1.25 bits per heavy atom. The van der Waals surface area contributed by atoms with Crippen LogP contribution in [0.4, 0.5) is 4.79 Å². The van der Waals surface area contributed by atoms with Gasteiger partial charge in [0, 0.05) is 0 Å². The molecule has 0 aromatic rings. The number of aldehydes is 1. The van der Waals surface area contributed by atoms with Crippen molar-refractivity contribution >= 4 is 114 Å². The van der Waals surface area contributed by atoms with Crippen LogP contribution in [0.15, 0.2) is 0 Å². The first-order chi connectivity index (χ1) is 7.27. The summed E-state index contributed by atoms with van der Waals surface area (Å²) in [5, 5.41) is 57.5. The number of aliphatic hydroxyl groups is 5. The third-order valence-corrected chi connectivity index (χ3v) is 1.42. The second-order valence-corrected chi connectivity index (χ2v) is 2.64. The van der Waals surface area contributed by atoms with Gasteiger partial charge >= 0.3 is 94.8 Å². The maximum atomic E-state index is 9.90. The van der Waals surface area contributed by atoms with E-state index in [2.05, 4.69) is 0 Å². The first-order valence-electron chi connectivity index (χ1n) is 3.98. The van der Waals surface area contributed by atoms with Crippen molar-refractivity contribution in [2.75, 3.05) is 6.61 Å². The summed E-state index contributed by atoms with van der Waals surface area (Å²) in [6.07, 6.45) is -8.67. The summed E-state index contributed by atoms with van der Waals surface area (Å²) in [6, 6.07) is 0. The van der Waals surface area contributed by atoms with Gasteiger partial charge in [-0.1, -0.05) is 0 Å². The van der Waals surface area contributed by atoms with Gasteiger partial charge in [-0.2, -0.15) is 0 Å². The zero-order valence-electron chi connectivity index (χ0n) is 8.45. The van der Waals surface area contributed by atoms with E-state index in [1.807, 2.05) is 0 Å². The van der Waals surface area contributed by atoms with Crippen molar-refractivity contribution in [2.45, 2.75) is 24.4 Å². The molecule has 0 bridgehead atoms. The number of hydrogen-bond acceptors (Lipinski definition) is 7. The minimum absolute atomic E-state index is 0. The normalized spacial score (nSPS) is 13.8. The molecule has 0 spiro atoms. The van der Waals surface area contributed by atoms with Gasteiger partial charge < -0.3 is 40.5 Å². The van der Waals surface area contributed by atoms with E-state index in [1.54, 1.807) is 0 Å². The molecular formula is C7H18ClNa3O9. The fraction of sp³-hybridized carbons (Fsp3) is 0.714. The van der Waals surface area contributed by atoms with E-state index in [0.29, 0.717) is 0 Å². The average molecular weight is 351 g/mol. The predicted molar refractivity (Wildman–Crippen MR) is 76.5 cm³/mol. The molecule has 0 saturated heterocycles. The molecule has 4 atom stereocenters. The molecule has 0 rings (SSSR count). The molecule has 0 aromatic heterocycles. The van der Waals surface area contributed by atoms with Crippen LogP contribution >= 0.6 is 12.4 Å². The molecule has 0 amide bonds. The summed E-state index contributed by atoms with van der Waals surface area (Å²) in [5.74, 6) is 0. The van der Waals surface area contributed by atoms with Crippen LogP contribution in [0.3, 0.4) is 0 Å². The van der Waals surface area contributed by atoms with Crippen LogP contribution in [0, 0.1) is 0 Å². The quantitative estimate of drug-likeness (QED) is 0.190. The van der Waals surface area contributed by atoms with Gasteiger partial charge in [-0.15, -0.1) is 12.4 Å². The third kappa shape index (κ3) is 22.3. The second kappa shape index (κ2) is 23.3. The molecule has 0 heterocycles. The Labute approximate surface area is 187 Å². The number of rotatable bonds is 5. The first-order valence-corrected chi connectivity index (χ1v) is 3.98. The molecule has 0 aliphatic heterocycles. The van der Waals surface area contributed by atoms with Gasteiger partial charge in [0.05, 0.1) is 6.61 Å². The van der Waals surface area contributed by atoms with Gasteiger partial charge in [-0.3, -0.25) is 0 Å². The standard InChI is InChI=1S/C6H12O6.CH2O3.ClH.3Na.3H/c7-1-3(9)5(11)6(12)4(10)2-8;2-1(3)4;;;;;;;/h1,3-6,8-12H,2H2;(H2,2,3,4);1H;;;;;;. The van der Waals surface area contributed by atoms with Crippen molar-refractivity contribution in [1.82, 2.24) is 0 Å². The van der Waals surface area contributed by atoms with E-state index >= 15 is 0 Å². The summed E-state index contributed by atoms with van der Waals surface area (Å²) < 4.78 is 0. The van der Waals surface area contributed by atoms with Gasteiger partial charge in [0.2, 0.25) is 0 Å². The Morgan fingerprint density at radius 1 is 0.950 bits per heavy atom. The molecule has 110 valence electrons. The SMILES string of the molecule is Cl.O=C(O)O.O=CC(O)C(O)C(O)C(O)CO.[NaH].[NaH].[NaH]. The molecule has 0 radical (unpaired) electrons. The summed E-state index contributed by atoms with van der Waals surface area (Å²) in [7, 11) is 0. The van der Waals surface area contributed by atoms with Crippen molar-refractivity contribution in [3.8, 4) is 0 Å². The summed E-state index contributed by atoms with van der Waals surface area (Å²) >= 11 is 0. The van der Waals surface area contributed by atoms with E-state index in [4.69, 9.17) is 40.5 Å². The topological polar surface area (TPSA) is 176 Å². The molecule has 0 fully saturated rings. The van der Waals surface area contributed by atoms with Crippen LogP contribution in [-0.4, -0.2) is 168 Å². The van der Waals surface area contributed by atoms with Crippen LogP contribution in [0.25, 0.3) is 0 Å². The van der Waals surface area contributed by atoms with Crippen molar-refractivity contribution < 1.29 is 45.3 Å². The van der Waals surface area contributed by atoms with E-state index in [-0.39, 0.29) is 107 Å². The zero-order chi connectivity index (χ0) is 13.3. The summed E-state index contributed by atoms with van der Waals surface area (Å²) in [5.41, 5.74) is 0. The van der Waals surface area contributed by atoms with Crippen LogP contribution in [-0.2, 0) is 4.79 Å². The Morgan fingerprint density at radius 3 is 1.45 bits per heavy atom. The van der Waals surface area contributed by atoms with Gasteiger partial charge in [0.1, 0.15) is 24.4 Å². The number of aliphatic hydroxyl groups excluding tert-OH is 5. The fourth-order valence-corrected chi connectivity index (χ4v) is 0.618. The Kier molecular flexibility index (Phi) is 44.2. The van der Waals surface area contributed by atoms with Gasteiger partial charge in [-0.25, -0.2) is 4.79 Å². The predicted octanol–water partition coefficient (Wildman–Crippen LogP) is -4.68. The maximum absolute atomic E-state index is 9.90. The van der Waals surface area contributed by atoms with Gasteiger partial charge in [-0.05, 0) is 0 Å². The molecule has 7 N–H and O–H groups in total. The molecule has 4 unspecified atom stereocenters. The number of carbonyl (C=O) groups is 2. The van der Waals surface area contributed by atoms with E-state index in [0.717, 1.165) is 0 Å². The molecule has 0 aliphatic carbocycles. The third-order valence-electron chi connectivity index (χ3n) is 1.42. The van der Waals surface area contributed by atoms with Gasteiger partial charge in [0.15, 0.2) is 6.29 Å². The monoisotopic (exact) mass is 350 g/mol. The average Bonchev–Trinajstić information content (AvgIpc) is 2.24. The Balaban J connectivity index is -0.0000000547. The Hall–Kier alpha value is 2.03. The molecule has 13 heteroatoms. The second-order valence-electron chi connectivity index (χ2n) is 2.64. The van der Waals surface area contributed by atoms with Crippen LogP contribution < -0.4 is 0 Å². The molecule has 20 heavy (non-hydrogen) atoms. The molecule has 9 nitrogen and oxygen atoms in total. The van der Waals surface area contributed by atoms with E-state index in [9.17, 15) is 4.79 Å². The first kappa shape index (κ1) is 37.9. The number of carbonyl (C=O) groups excluding carboxylic acids is 1. The molecule has 0 aliphatic rings. The number of carboxylic acid groups (broad SMARTS) is 2. The van der Waals surface area contributed by atoms with Crippen LogP contribution in [0.1, 0.15) is 0 Å². The summed E-state index contributed by atoms with van der Waals surface area (Å²) in [6.45, 7) is -0.760. The van der Waals surface area contributed by atoms with Gasteiger partial charge in [0.25, 0.3) is 0 Å². The summed E-state index contributed by atoms with van der Waals surface area (Å²) in [4.78, 5) is 18.5. The van der Waals surface area contributed by atoms with Crippen molar-refractivity contribution in [1.29, 1.82) is 0 Å². The van der Waals surface area contributed by atoms with Crippen LogP contribution in [0.5, 0.6) is 0 Å². The van der Waals surface area contributed by atoms with E-state index in [1.165, 1.54) is 0 Å². The fourth-order valence-electron chi connectivity index (χ4n) is 0.618. The minimum atomic E-state index is -1.83. The Bertz CT molecular complexity index is 220. The molecule has 0 aromatic carbocycles. The van der Waals surface area contributed by atoms with Crippen molar-refractivity contribution in [2.24, 2.45) is 0 Å². The zero-order valence-corrected chi connectivity index (χ0v) is 9.27. The van der Waals surface area contributed by atoms with Crippen molar-refractivity contribution in [3.05, 3.63) is 0 Å². The molecular weight excluding hydrogens is 332 g/mol. The van der Waals surface area contributed by atoms with E-state index < -0.39 is 37.2 Å². The van der Waals surface area contributed by atoms with Crippen LogP contribution in [0.2, 0.25) is 0 Å². The number of halogens is 1. The molecule has 0 saturated carbocycles. The number of hydrogen-bond donors (Lipinski definition) is 7.